The monoisotopic (exact) mass is 425 g/mol. The van der Waals surface area contributed by atoms with Crippen molar-refractivity contribution in [2.45, 2.75) is 12.6 Å². The van der Waals surface area contributed by atoms with E-state index in [0.29, 0.717) is 13.1 Å². The summed E-state index contributed by atoms with van der Waals surface area (Å²) >= 11 is 0. The van der Waals surface area contributed by atoms with E-state index in [0.717, 1.165) is 32.7 Å². The highest BCUT2D eigenvalue weighted by Gasteiger charge is 2.20. The number of aromatic nitrogens is 1. The zero-order valence-corrected chi connectivity index (χ0v) is 17.5. The van der Waals surface area contributed by atoms with Gasteiger partial charge in [-0.15, -0.1) is 24.8 Å². The first kappa shape index (κ1) is 22.9. The molecule has 1 aromatic heterocycles. The van der Waals surface area contributed by atoms with Gasteiger partial charge in [-0.25, -0.2) is 0 Å². The predicted molar refractivity (Wildman–Crippen MR) is 120 cm³/mol. The number of rotatable bonds is 6. The van der Waals surface area contributed by atoms with Crippen molar-refractivity contribution in [2.75, 3.05) is 45.9 Å². The fourth-order valence-corrected chi connectivity index (χ4v) is 4.10. The molecule has 0 amide bonds. The summed E-state index contributed by atoms with van der Waals surface area (Å²) in [6.45, 7) is 6.08. The van der Waals surface area contributed by atoms with E-state index in [1.165, 1.54) is 21.8 Å². The third kappa shape index (κ3) is 4.79. The van der Waals surface area contributed by atoms with Gasteiger partial charge in [0.1, 0.15) is 0 Å². The molecule has 7 heteroatoms. The van der Waals surface area contributed by atoms with Gasteiger partial charge in [-0.1, -0.05) is 36.4 Å². The number of hydrogen-bond acceptors (Lipinski definition) is 4. The van der Waals surface area contributed by atoms with E-state index >= 15 is 0 Å². The third-order valence-electron chi connectivity index (χ3n) is 5.42. The highest BCUT2D eigenvalue weighted by atomic mass is 35.5. The number of piperazine rings is 1. The van der Waals surface area contributed by atoms with E-state index in [1.54, 1.807) is 0 Å². The summed E-state index contributed by atoms with van der Waals surface area (Å²) in [6, 6.07) is 16.8. The highest BCUT2D eigenvalue weighted by molar-refractivity contribution is 6.07. The zero-order valence-electron chi connectivity index (χ0n) is 15.9. The molecule has 2 N–H and O–H groups in total. The second kappa shape index (κ2) is 10.4. The molecule has 1 aliphatic heterocycles. The largest absolute Gasteiger partial charge is 0.395 e. The van der Waals surface area contributed by atoms with E-state index in [-0.39, 0.29) is 31.4 Å². The molecule has 0 saturated carbocycles. The number of benzene rings is 2. The van der Waals surface area contributed by atoms with Crippen LogP contribution in [0.3, 0.4) is 0 Å². The Morgan fingerprint density at radius 2 is 1.25 bits per heavy atom. The molecule has 1 aliphatic rings. The lowest BCUT2D eigenvalue weighted by Crippen LogP contribution is -2.49. The third-order valence-corrected chi connectivity index (χ3v) is 5.42. The normalized spacial score (nSPS) is 16.6. The van der Waals surface area contributed by atoms with Gasteiger partial charge >= 0.3 is 0 Å². The molecule has 1 saturated heterocycles. The van der Waals surface area contributed by atoms with Gasteiger partial charge in [-0.3, -0.25) is 9.80 Å². The maximum Gasteiger partial charge on any atom is 0.0845 e. The topological polar surface area (TPSA) is 51.9 Å². The van der Waals surface area contributed by atoms with Crippen LogP contribution in [-0.2, 0) is 6.54 Å². The SMILES string of the molecule is Cl.Cl.OCCN1CCN(CC(O)Cn2c3ccccc3c3ccccc32)CC1. The Morgan fingerprint density at radius 3 is 1.79 bits per heavy atom. The number of aliphatic hydroxyl groups is 2. The number of fused-ring (bicyclic) bond motifs is 3. The molecule has 1 fully saturated rings. The maximum atomic E-state index is 10.7. The molecule has 0 radical (unpaired) electrons. The Labute approximate surface area is 178 Å². The Morgan fingerprint density at radius 1 is 0.750 bits per heavy atom. The van der Waals surface area contributed by atoms with Gasteiger partial charge in [0, 0.05) is 61.1 Å². The van der Waals surface area contributed by atoms with Crippen LogP contribution < -0.4 is 0 Å². The van der Waals surface area contributed by atoms with Crippen molar-refractivity contribution in [3.63, 3.8) is 0 Å². The van der Waals surface area contributed by atoms with E-state index < -0.39 is 6.10 Å². The van der Waals surface area contributed by atoms with Crippen LogP contribution in [0, 0.1) is 0 Å². The summed E-state index contributed by atoms with van der Waals surface area (Å²) in [7, 11) is 0. The van der Waals surface area contributed by atoms with Crippen LogP contribution in [0.25, 0.3) is 21.8 Å². The minimum atomic E-state index is -0.404. The minimum Gasteiger partial charge on any atom is -0.395 e. The van der Waals surface area contributed by atoms with Crippen molar-refractivity contribution in [3.05, 3.63) is 48.5 Å². The number of hydrogen-bond donors (Lipinski definition) is 2. The highest BCUT2D eigenvalue weighted by Crippen LogP contribution is 2.28. The van der Waals surface area contributed by atoms with Gasteiger partial charge < -0.3 is 14.8 Å². The van der Waals surface area contributed by atoms with E-state index in [2.05, 4.69) is 62.9 Å². The Kier molecular flexibility index (Phi) is 8.56. The molecule has 28 heavy (non-hydrogen) atoms. The van der Waals surface area contributed by atoms with Gasteiger partial charge in [0.15, 0.2) is 0 Å². The summed E-state index contributed by atoms with van der Waals surface area (Å²) in [5.74, 6) is 0. The van der Waals surface area contributed by atoms with Crippen molar-refractivity contribution in [3.8, 4) is 0 Å². The van der Waals surface area contributed by atoms with Crippen LogP contribution in [0.5, 0.6) is 0 Å². The molecule has 1 atom stereocenters. The lowest BCUT2D eigenvalue weighted by atomic mass is 10.2. The molecule has 4 rings (SSSR count). The molecule has 154 valence electrons. The quantitative estimate of drug-likeness (QED) is 0.637. The van der Waals surface area contributed by atoms with Crippen molar-refractivity contribution in [1.29, 1.82) is 0 Å². The first-order valence-corrected chi connectivity index (χ1v) is 9.46. The molecule has 2 heterocycles. The first-order chi connectivity index (χ1) is 12.8. The van der Waals surface area contributed by atoms with Crippen LogP contribution in [-0.4, -0.2) is 76.6 Å². The van der Waals surface area contributed by atoms with Crippen LogP contribution in [0.1, 0.15) is 0 Å². The van der Waals surface area contributed by atoms with Crippen molar-refractivity contribution in [2.24, 2.45) is 0 Å². The molecule has 5 nitrogen and oxygen atoms in total. The van der Waals surface area contributed by atoms with Gasteiger partial charge in [0.2, 0.25) is 0 Å². The molecule has 0 aliphatic carbocycles. The van der Waals surface area contributed by atoms with Gasteiger partial charge in [-0.2, -0.15) is 0 Å². The summed E-state index contributed by atoms with van der Waals surface area (Å²) in [5, 5.41) is 22.3. The van der Waals surface area contributed by atoms with Crippen LogP contribution in [0.2, 0.25) is 0 Å². The van der Waals surface area contributed by atoms with E-state index in [9.17, 15) is 5.11 Å². The predicted octanol–water partition coefficient (Wildman–Crippen LogP) is 2.61. The Hall–Kier alpha value is -1.34. The van der Waals surface area contributed by atoms with Gasteiger partial charge in [0.05, 0.1) is 19.3 Å². The molecule has 3 aromatic rings. The van der Waals surface area contributed by atoms with E-state index in [4.69, 9.17) is 5.11 Å². The standard InChI is InChI=1S/C21H27N3O2.2ClH/c25-14-13-22-9-11-23(12-10-22)15-17(26)16-24-20-7-3-1-5-18(20)19-6-2-4-8-21(19)24;;/h1-8,17,25-26H,9-16H2;2*1H. The second-order valence-electron chi connectivity index (χ2n) is 7.16. The van der Waals surface area contributed by atoms with E-state index in [1.807, 2.05) is 0 Å². The van der Waals surface area contributed by atoms with Crippen LogP contribution in [0.15, 0.2) is 48.5 Å². The summed E-state index contributed by atoms with van der Waals surface area (Å²) in [6.07, 6.45) is -0.404. The molecule has 0 spiro atoms. The number of β-amino-alcohol motifs (C(OH)–C–C–N with tert-alkyl or cyclic N) is 2. The fourth-order valence-electron chi connectivity index (χ4n) is 4.10. The second-order valence-corrected chi connectivity index (χ2v) is 7.16. The Bertz CT molecular complexity index is 825. The van der Waals surface area contributed by atoms with Crippen molar-refractivity contribution < 1.29 is 10.2 Å². The number of para-hydroxylation sites is 2. The van der Waals surface area contributed by atoms with Gasteiger partial charge in [0.25, 0.3) is 0 Å². The molecular weight excluding hydrogens is 397 g/mol. The maximum absolute atomic E-state index is 10.7. The van der Waals surface area contributed by atoms with Crippen molar-refractivity contribution >= 4 is 46.6 Å². The number of aliphatic hydroxyl groups excluding tert-OH is 2. The molecular formula is C21H29Cl2N3O2. The average molecular weight is 426 g/mol. The number of halogens is 2. The van der Waals surface area contributed by atoms with Crippen molar-refractivity contribution in [1.82, 2.24) is 14.4 Å². The molecule has 2 aromatic carbocycles. The smallest absolute Gasteiger partial charge is 0.0845 e. The summed E-state index contributed by atoms with van der Waals surface area (Å²) in [4.78, 5) is 4.60. The summed E-state index contributed by atoms with van der Waals surface area (Å²) < 4.78 is 2.25. The average Bonchev–Trinajstić information content (AvgIpc) is 2.98. The number of nitrogens with zero attached hydrogens (tertiary/aromatic N) is 3. The molecule has 1 unspecified atom stereocenters. The van der Waals surface area contributed by atoms with Crippen LogP contribution in [0.4, 0.5) is 0 Å². The van der Waals surface area contributed by atoms with Crippen LogP contribution >= 0.6 is 24.8 Å². The lowest BCUT2D eigenvalue weighted by Gasteiger charge is -2.35. The zero-order chi connectivity index (χ0) is 17.9. The first-order valence-electron chi connectivity index (χ1n) is 9.46. The molecule has 0 bridgehead atoms. The summed E-state index contributed by atoms with van der Waals surface area (Å²) in [5.41, 5.74) is 2.36. The van der Waals surface area contributed by atoms with Gasteiger partial charge in [-0.05, 0) is 12.1 Å². The Balaban J connectivity index is 0.00000140. The fraction of sp³-hybridized carbons (Fsp3) is 0.429. The lowest BCUT2D eigenvalue weighted by molar-refractivity contribution is 0.0601. The minimum absolute atomic E-state index is 0.